The zero-order chi connectivity index (χ0) is 25.4. The van der Waals surface area contributed by atoms with E-state index in [2.05, 4.69) is 23.7 Å². The van der Waals surface area contributed by atoms with E-state index in [1.807, 2.05) is 18.2 Å². The number of carbonyl (C=O) groups is 1. The molecule has 2 aliphatic heterocycles. The van der Waals surface area contributed by atoms with Gasteiger partial charge in [0.1, 0.15) is 5.76 Å². The van der Waals surface area contributed by atoms with Crippen LogP contribution in [0.5, 0.6) is 11.5 Å². The number of hydrogen-bond donors (Lipinski definition) is 0. The zero-order valence-corrected chi connectivity index (χ0v) is 21.4. The summed E-state index contributed by atoms with van der Waals surface area (Å²) < 4.78 is 24.3. The lowest BCUT2D eigenvalue weighted by molar-refractivity contribution is -0.139. The number of nitrogens with zero attached hydrogens (tertiary/aromatic N) is 3. The molecule has 0 amide bonds. The van der Waals surface area contributed by atoms with Crippen molar-refractivity contribution in [1.29, 1.82) is 0 Å². The fourth-order valence-corrected chi connectivity index (χ4v) is 5.47. The van der Waals surface area contributed by atoms with Gasteiger partial charge in [-0.15, -0.1) is 0 Å². The Hall–Kier alpha value is -3.79. The number of hydrogen-bond acceptors (Lipinski definition) is 9. The summed E-state index contributed by atoms with van der Waals surface area (Å²) in [6.07, 6.45) is 1.72. The molecule has 0 N–H and O–H groups in total. The van der Waals surface area contributed by atoms with Gasteiger partial charge in [-0.05, 0) is 51.5 Å². The average Bonchev–Trinajstić information content (AvgIpc) is 3.59. The normalized spacial score (nSPS) is 16.7. The Morgan fingerprint density at radius 2 is 1.97 bits per heavy atom. The second-order valence-corrected chi connectivity index (χ2v) is 9.27. The van der Waals surface area contributed by atoms with Gasteiger partial charge in [0.2, 0.25) is 6.79 Å². The molecule has 0 saturated heterocycles. The molecular weight excluding hydrogens is 482 g/mol. The SMILES string of the molecule is CCOC(=O)C1=C(C)N=c2sc(=Cc3ccc(N(CC)CC)o3)c(=O)n2[C@@H]1c1ccc2c(c1)OCO2. The van der Waals surface area contributed by atoms with Crippen molar-refractivity contribution in [3.63, 3.8) is 0 Å². The lowest BCUT2D eigenvalue weighted by Gasteiger charge is -2.24. The summed E-state index contributed by atoms with van der Waals surface area (Å²) in [7, 11) is 0. The van der Waals surface area contributed by atoms with Crippen molar-refractivity contribution in [3.05, 3.63) is 72.6 Å². The lowest BCUT2D eigenvalue weighted by atomic mass is 9.95. The van der Waals surface area contributed by atoms with Gasteiger partial charge in [-0.3, -0.25) is 9.36 Å². The number of allylic oxidation sites excluding steroid dienone is 1. The molecule has 0 spiro atoms. The molecule has 10 heteroatoms. The molecule has 36 heavy (non-hydrogen) atoms. The van der Waals surface area contributed by atoms with E-state index < -0.39 is 12.0 Å². The van der Waals surface area contributed by atoms with Crippen LogP contribution in [0.4, 0.5) is 5.88 Å². The summed E-state index contributed by atoms with van der Waals surface area (Å²) in [5.74, 6) is 1.99. The molecule has 4 heterocycles. The third-order valence-corrected chi connectivity index (χ3v) is 7.17. The summed E-state index contributed by atoms with van der Waals surface area (Å²) in [5.41, 5.74) is 1.25. The van der Waals surface area contributed by atoms with E-state index in [4.69, 9.17) is 18.6 Å². The number of esters is 1. The second-order valence-electron chi connectivity index (χ2n) is 8.26. The van der Waals surface area contributed by atoms with Gasteiger partial charge in [0.25, 0.3) is 5.56 Å². The minimum absolute atomic E-state index is 0.125. The Labute approximate surface area is 211 Å². The van der Waals surface area contributed by atoms with Gasteiger partial charge in [0, 0.05) is 25.2 Å². The topological polar surface area (TPSA) is 95.5 Å². The third kappa shape index (κ3) is 4.11. The minimum atomic E-state index is -0.722. The van der Waals surface area contributed by atoms with Crippen LogP contribution < -0.4 is 29.3 Å². The molecule has 2 aliphatic rings. The molecule has 0 aliphatic carbocycles. The van der Waals surface area contributed by atoms with E-state index in [9.17, 15) is 9.59 Å². The first kappa shape index (κ1) is 23.9. The molecule has 3 aromatic rings. The fourth-order valence-electron chi connectivity index (χ4n) is 4.44. The number of ether oxygens (including phenoxy) is 3. The first-order valence-electron chi connectivity index (χ1n) is 11.9. The van der Waals surface area contributed by atoms with Crippen LogP contribution in [0.15, 0.2) is 55.8 Å². The Morgan fingerprint density at radius 1 is 1.19 bits per heavy atom. The number of anilines is 1. The van der Waals surface area contributed by atoms with Crippen LogP contribution >= 0.6 is 11.3 Å². The summed E-state index contributed by atoms with van der Waals surface area (Å²) >= 11 is 1.25. The summed E-state index contributed by atoms with van der Waals surface area (Å²) in [6.45, 7) is 9.59. The quantitative estimate of drug-likeness (QED) is 0.452. The number of carbonyl (C=O) groups excluding carboxylic acids is 1. The van der Waals surface area contributed by atoms with Crippen LogP contribution in [0.2, 0.25) is 0 Å². The third-order valence-electron chi connectivity index (χ3n) is 6.19. The first-order valence-corrected chi connectivity index (χ1v) is 12.7. The molecule has 9 nitrogen and oxygen atoms in total. The molecule has 0 bridgehead atoms. The van der Waals surface area contributed by atoms with Crippen LogP contribution in [-0.2, 0) is 9.53 Å². The first-order chi connectivity index (χ1) is 17.4. The Morgan fingerprint density at radius 3 is 2.72 bits per heavy atom. The summed E-state index contributed by atoms with van der Waals surface area (Å²) in [5, 5.41) is 0. The lowest BCUT2D eigenvalue weighted by Crippen LogP contribution is -2.39. The maximum absolute atomic E-state index is 13.7. The Bertz CT molecular complexity index is 1530. The van der Waals surface area contributed by atoms with E-state index >= 15 is 0 Å². The van der Waals surface area contributed by atoms with Crippen molar-refractivity contribution in [1.82, 2.24) is 4.57 Å². The molecule has 0 fully saturated rings. The highest BCUT2D eigenvalue weighted by atomic mass is 32.1. The molecule has 2 aromatic heterocycles. The van der Waals surface area contributed by atoms with Crippen molar-refractivity contribution in [2.75, 3.05) is 31.4 Å². The smallest absolute Gasteiger partial charge is 0.338 e. The maximum atomic E-state index is 13.7. The predicted molar refractivity (Wildman–Crippen MR) is 135 cm³/mol. The van der Waals surface area contributed by atoms with Crippen molar-refractivity contribution >= 4 is 29.3 Å². The Balaban J connectivity index is 1.66. The fraction of sp³-hybridized carbons (Fsp3) is 0.346. The predicted octanol–water partition coefficient (Wildman–Crippen LogP) is 2.97. The minimum Gasteiger partial charge on any atom is -0.463 e. The van der Waals surface area contributed by atoms with E-state index in [0.717, 1.165) is 19.0 Å². The van der Waals surface area contributed by atoms with Crippen LogP contribution in [0.25, 0.3) is 6.08 Å². The van der Waals surface area contributed by atoms with Gasteiger partial charge >= 0.3 is 5.97 Å². The zero-order valence-electron chi connectivity index (χ0n) is 20.6. The highest BCUT2D eigenvalue weighted by Gasteiger charge is 2.34. The number of fused-ring (bicyclic) bond motifs is 2. The van der Waals surface area contributed by atoms with Crippen molar-refractivity contribution in [2.45, 2.75) is 33.7 Å². The molecule has 5 rings (SSSR count). The Kier molecular flexibility index (Phi) is 6.44. The largest absolute Gasteiger partial charge is 0.463 e. The van der Waals surface area contributed by atoms with Crippen molar-refractivity contribution in [2.24, 2.45) is 4.99 Å². The monoisotopic (exact) mass is 509 g/mol. The average molecular weight is 510 g/mol. The molecule has 188 valence electrons. The van der Waals surface area contributed by atoms with Gasteiger partial charge in [0.05, 0.1) is 28.5 Å². The van der Waals surface area contributed by atoms with Crippen molar-refractivity contribution in [3.8, 4) is 11.5 Å². The second kappa shape index (κ2) is 9.69. The number of benzene rings is 1. The highest BCUT2D eigenvalue weighted by molar-refractivity contribution is 7.07. The van der Waals surface area contributed by atoms with E-state index in [1.54, 1.807) is 36.6 Å². The summed E-state index contributed by atoms with van der Waals surface area (Å²) in [4.78, 5) is 33.9. The van der Waals surface area contributed by atoms with Crippen LogP contribution in [-0.4, -0.2) is 37.0 Å². The molecule has 1 aromatic carbocycles. The van der Waals surface area contributed by atoms with E-state index in [-0.39, 0.29) is 19.0 Å². The molecule has 0 unspecified atom stereocenters. The molecular formula is C26H27N3O6S. The van der Waals surface area contributed by atoms with Gasteiger partial charge < -0.3 is 23.5 Å². The molecule has 0 saturated carbocycles. The van der Waals surface area contributed by atoms with Crippen LogP contribution in [0.3, 0.4) is 0 Å². The van der Waals surface area contributed by atoms with Gasteiger partial charge in [-0.1, -0.05) is 17.4 Å². The van der Waals surface area contributed by atoms with Gasteiger partial charge in [-0.25, -0.2) is 9.79 Å². The molecule has 1 atom stereocenters. The number of thiazole rings is 1. The van der Waals surface area contributed by atoms with Gasteiger partial charge in [0.15, 0.2) is 22.2 Å². The standard InChI is InChI=1S/C26H27N3O6S/c1-5-28(6-2)21-11-9-17(35-21)13-20-24(30)29-23(16-8-10-18-19(12-16)34-14-33-18)22(25(31)32-7-3)15(4)27-26(29)36-20/h8-13,23H,5-7,14H2,1-4H3/t23-/m1/s1. The summed E-state index contributed by atoms with van der Waals surface area (Å²) in [6, 6.07) is 8.43. The highest BCUT2D eigenvalue weighted by Crippen LogP contribution is 2.38. The number of rotatable bonds is 7. The van der Waals surface area contributed by atoms with Crippen LogP contribution in [0, 0.1) is 0 Å². The van der Waals surface area contributed by atoms with E-state index in [1.165, 1.54) is 11.3 Å². The van der Waals surface area contributed by atoms with E-state index in [0.29, 0.717) is 43.4 Å². The van der Waals surface area contributed by atoms with Gasteiger partial charge in [-0.2, -0.15) is 0 Å². The number of aromatic nitrogens is 1. The maximum Gasteiger partial charge on any atom is 0.338 e. The van der Waals surface area contributed by atoms with Crippen molar-refractivity contribution < 1.29 is 23.4 Å². The number of furan rings is 1. The molecule has 0 radical (unpaired) electrons. The van der Waals surface area contributed by atoms with Crippen LogP contribution in [0.1, 0.15) is 45.1 Å².